The van der Waals surface area contributed by atoms with Gasteiger partial charge in [-0.3, -0.25) is 0 Å². The molecule has 0 amide bonds. The molecule has 0 spiro atoms. The van der Waals surface area contributed by atoms with E-state index in [0.717, 1.165) is 37.8 Å². The van der Waals surface area contributed by atoms with Crippen molar-refractivity contribution in [2.24, 2.45) is 0 Å². The number of nitrogens with one attached hydrogen (secondary N) is 2. The highest BCUT2D eigenvalue weighted by Crippen LogP contribution is 2.42. The maximum absolute atomic E-state index is 13.2. The van der Waals surface area contributed by atoms with Crippen LogP contribution in [0.1, 0.15) is 84.4 Å². The molecule has 2 aliphatic heterocycles. The summed E-state index contributed by atoms with van der Waals surface area (Å²) < 4.78 is 159. The Morgan fingerprint density at radius 1 is 0.538 bits per heavy atom. The minimum Gasteiger partial charge on any atom is -0.387 e. The maximum atomic E-state index is 13.2. The lowest BCUT2D eigenvalue weighted by Crippen LogP contribution is -2.39. The Kier molecular flexibility index (Phi) is 11.3. The van der Waals surface area contributed by atoms with Gasteiger partial charge in [0.25, 0.3) is 0 Å². The van der Waals surface area contributed by atoms with E-state index in [-0.39, 0.29) is 21.9 Å². The number of piperidine rings is 2. The predicted octanol–water partition coefficient (Wildman–Crippen LogP) is 8.90. The van der Waals surface area contributed by atoms with Crippen LogP contribution in [-0.4, -0.2) is 45.4 Å². The van der Waals surface area contributed by atoms with Gasteiger partial charge in [0.15, 0.2) is 0 Å². The van der Waals surface area contributed by atoms with E-state index >= 15 is 0 Å². The Balaban J connectivity index is 0.000000201. The highest BCUT2D eigenvalue weighted by atomic mass is 19.4. The van der Waals surface area contributed by atoms with E-state index in [1.54, 1.807) is 0 Å². The predicted molar refractivity (Wildman–Crippen MR) is 165 cm³/mol. The highest BCUT2D eigenvalue weighted by Gasteiger charge is 2.40. The van der Waals surface area contributed by atoms with Gasteiger partial charge in [0, 0.05) is 22.9 Å². The second-order valence-corrected chi connectivity index (χ2v) is 12.6. The molecule has 4 heterocycles. The van der Waals surface area contributed by atoms with Gasteiger partial charge in [0.05, 0.1) is 34.4 Å². The molecule has 2 aliphatic rings. The lowest BCUT2D eigenvalue weighted by atomic mass is 9.91. The smallest absolute Gasteiger partial charge is 0.387 e. The largest absolute Gasteiger partial charge is 0.433 e. The first-order valence-electron chi connectivity index (χ1n) is 16.2. The van der Waals surface area contributed by atoms with E-state index in [1.807, 2.05) is 0 Å². The molecule has 284 valence electrons. The molecule has 6 nitrogen and oxygen atoms in total. The van der Waals surface area contributed by atoms with Gasteiger partial charge in [-0.05, 0) is 74.2 Å². The summed E-state index contributed by atoms with van der Waals surface area (Å²) in [6, 6.07) is 6.31. The zero-order valence-electron chi connectivity index (χ0n) is 26.9. The number of aliphatic hydroxyl groups is 2. The molecule has 4 N–H and O–H groups in total. The Labute approximate surface area is 288 Å². The third kappa shape index (κ3) is 8.72. The first-order chi connectivity index (χ1) is 24.2. The molecule has 2 aromatic carbocycles. The molecule has 2 fully saturated rings. The zero-order valence-corrected chi connectivity index (χ0v) is 26.9. The minimum absolute atomic E-state index is 0.132. The fourth-order valence-electron chi connectivity index (χ4n) is 6.52. The van der Waals surface area contributed by atoms with Gasteiger partial charge in [-0.15, -0.1) is 0 Å². The first-order valence-corrected chi connectivity index (χ1v) is 16.2. The number of fused-ring (bicyclic) bond motifs is 2. The van der Waals surface area contributed by atoms with Crippen molar-refractivity contribution in [1.82, 2.24) is 20.6 Å². The number of hydrogen-bond donors (Lipinski definition) is 4. The van der Waals surface area contributed by atoms with Crippen LogP contribution in [0.25, 0.3) is 21.8 Å². The van der Waals surface area contributed by atoms with Crippen LogP contribution in [0.15, 0.2) is 48.5 Å². The monoisotopic (exact) mass is 756 g/mol. The van der Waals surface area contributed by atoms with E-state index in [1.165, 1.54) is 12.1 Å². The summed E-state index contributed by atoms with van der Waals surface area (Å²) in [6.07, 6.45) is -18.0. The number of nitrogens with zero attached hydrogens (tertiary/aromatic N) is 2. The third-order valence-electron chi connectivity index (χ3n) is 9.03. The Hall–Kier alpha value is -3.74. The molecule has 2 aromatic heterocycles. The van der Waals surface area contributed by atoms with E-state index in [0.29, 0.717) is 50.2 Å². The van der Waals surface area contributed by atoms with E-state index in [2.05, 4.69) is 20.6 Å². The number of hydrogen-bond acceptors (Lipinski definition) is 6. The van der Waals surface area contributed by atoms with E-state index in [9.17, 15) is 62.9 Å². The van der Waals surface area contributed by atoms with Gasteiger partial charge in [-0.25, -0.2) is 9.97 Å². The number of aliphatic hydroxyl groups excluding tert-OH is 2. The lowest BCUT2D eigenvalue weighted by Gasteiger charge is -2.29. The van der Waals surface area contributed by atoms with Crippen molar-refractivity contribution < 1.29 is 62.9 Å². The number of benzene rings is 2. The first kappa shape index (κ1) is 39.5. The van der Waals surface area contributed by atoms with Crippen molar-refractivity contribution in [2.75, 3.05) is 13.1 Å². The molecular weight excluding hydrogens is 724 g/mol. The topological polar surface area (TPSA) is 90.3 Å². The number of alkyl halides is 12. The van der Waals surface area contributed by atoms with Crippen molar-refractivity contribution in [3.8, 4) is 0 Å². The van der Waals surface area contributed by atoms with Gasteiger partial charge < -0.3 is 20.8 Å². The third-order valence-corrected chi connectivity index (χ3v) is 9.03. The standard InChI is InChI=1S/2C17H16F6N2O/c2*18-16(19,20)11-5-3-4-9-10(15(26)12-6-1-2-7-24-12)8-13(17(21,22)23)25-14(9)11/h2*3-5,8,12,15,24,26H,1-2,6-7H2/t2*12-,15+/m11/s1. The summed E-state index contributed by atoms with van der Waals surface area (Å²) in [7, 11) is 0. The van der Waals surface area contributed by atoms with Crippen LogP contribution in [0.2, 0.25) is 0 Å². The van der Waals surface area contributed by atoms with Crippen LogP contribution >= 0.6 is 0 Å². The number of rotatable bonds is 4. The second-order valence-electron chi connectivity index (χ2n) is 12.6. The number of halogens is 12. The summed E-state index contributed by atoms with van der Waals surface area (Å²) >= 11 is 0. The molecule has 4 atom stereocenters. The van der Waals surface area contributed by atoms with Crippen LogP contribution in [0.4, 0.5) is 52.7 Å². The molecule has 0 saturated carbocycles. The molecular formula is C34H32F12N4O2. The molecule has 2 saturated heterocycles. The zero-order chi connectivity index (χ0) is 38.2. The average Bonchev–Trinajstić information content (AvgIpc) is 3.09. The summed E-state index contributed by atoms with van der Waals surface area (Å²) in [5.41, 5.74) is -7.43. The quantitative estimate of drug-likeness (QED) is 0.156. The van der Waals surface area contributed by atoms with Gasteiger partial charge in [-0.2, -0.15) is 52.7 Å². The number of para-hydroxylation sites is 2. The molecule has 18 heteroatoms. The highest BCUT2D eigenvalue weighted by molar-refractivity contribution is 5.87. The summed E-state index contributed by atoms with van der Waals surface area (Å²) in [5, 5.41) is 26.9. The fourth-order valence-corrected chi connectivity index (χ4v) is 6.52. The SMILES string of the molecule is O[C@@H](c1cc(C(F)(F)F)nc2c(C(F)(F)F)cccc12)[C@H]1CCCCN1.O[C@@H](c1cc(C(F)(F)F)nc2c(C(F)(F)F)cccc12)[C@H]1CCCCN1. The van der Waals surface area contributed by atoms with E-state index in [4.69, 9.17) is 0 Å². The average molecular weight is 757 g/mol. The summed E-state index contributed by atoms with van der Waals surface area (Å²) in [5.74, 6) is 0. The van der Waals surface area contributed by atoms with Gasteiger partial charge in [0.2, 0.25) is 0 Å². The van der Waals surface area contributed by atoms with Gasteiger partial charge in [0.1, 0.15) is 11.4 Å². The van der Waals surface area contributed by atoms with Gasteiger partial charge >= 0.3 is 24.7 Å². The normalized spacial score (nSPS) is 20.3. The maximum Gasteiger partial charge on any atom is 0.433 e. The van der Waals surface area contributed by atoms with Crippen LogP contribution < -0.4 is 10.6 Å². The number of pyridine rings is 2. The van der Waals surface area contributed by atoms with Crippen LogP contribution in [0.3, 0.4) is 0 Å². The molecule has 52 heavy (non-hydrogen) atoms. The molecule has 0 bridgehead atoms. The fraction of sp³-hybridized carbons (Fsp3) is 0.471. The van der Waals surface area contributed by atoms with E-state index < -0.39 is 82.5 Å². The molecule has 6 rings (SSSR count). The lowest BCUT2D eigenvalue weighted by molar-refractivity contribution is -0.142. The number of aromatic nitrogens is 2. The molecule has 0 aliphatic carbocycles. The van der Waals surface area contributed by atoms with Gasteiger partial charge in [-0.1, -0.05) is 37.1 Å². The van der Waals surface area contributed by atoms with Crippen LogP contribution in [0.5, 0.6) is 0 Å². The van der Waals surface area contributed by atoms with Crippen molar-refractivity contribution in [3.63, 3.8) is 0 Å². The Bertz CT molecular complexity index is 1730. The van der Waals surface area contributed by atoms with Crippen molar-refractivity contribution in [3.05, 3.63) is 82.2 Å². The molecule has 0 radical (unpaired) electrons. The van der Waals surface area contributed by atoms with Crippen LogP contribution in [0, 0.1) is 0 Å². The second kappa shape index (κ2) is 14.9. The van der Waals surface area contributed by atoms with Crippen molar-refractivity contribution in [2.45, 2.75) is 87.5 Å². The summed E-state index contributed by atoms with van der Waals surface area (Å²) in [6.45, 7) is 1.18. The summed E-state index contributed by atoms with van der Waals surface area (Å²) in [4.78, 5) is 6.45. The Morgan fingerprint density at radius 2 is 0.904 bits per heavy atom. The van der Waals surface area contributed by atoms with Crippen LogP contribution in [-0.2, 0) is 24.7 Å². The van der Waals surface area contributed by atoms with Crippen molar-refractivity contribution in [1.29, 1.82) is 0 Å². The molecule has 0 unspecified atom stereocenters. The molecule has 4 aromatic rings. The minimum atomic E-state index is -4.93. The van der Waals surface area contributed by atoms with Crippen molar-refractivity contribution >= 4 is 21.8 Å². The Morgan fingerprint density at radius 3 is 1.19 bits per heavy atom.